The SMILES string of the molecule is CCOC(=O)C1CCN(c2nc(-c3ccccn3)nc3c2CN(S(C)(=O)=O)CC3)CC1. The van der Waals surface area contributed by atoms with E-state index in [9.17, 15) is 13.2 Å². The highest BCUT2D eigenvalue weighted by atomic mass is 32.2. The smallest absolute Gasteiger partial charge is 0.309 e. The van der Waals surface area contributed by atoms with Crippen molar-refractivity contribution in [1.82, 2.24) is 19.3 Å². The van der Waals surface area contributed by atoms with Crippen molar-refractivity contribution >= 4 is 21.8 Å². The van der Waals surface area contributed by atoms with Gasteiger partial charge in [-0.2, -0.15) is 4.31 Å². The van der Waals surface area contributed by atoms with Gasteiger partial charge in [-0.05, 0) is 31.9 Å². The summed E-state index contributed by atoms with van der Waals surface area (Å²) in [6.07, 6.45) is 4.80. The molecule has 0 aromatic carbocycles. The number of piperidine rings is 1. The zero-order valence-electron chi connectivity index (χ0n) is 17.8. The zero-order valence-corrected chi connectivity index (χ0v) is 18.6. The molecule has 2 aromatic heterocycles. The quantitative estimate of drug-likeness (QED) is 0.640. The van der Waals surface area contributed by atoms with E-state index in [0.29, 0.717) is 57.0 Å². The lowest BCUT2D eigenvalue weighted by Crippen LogP contribution is -2.41. The van der Waals surface area contributed by atoms with Gasteiger partial charge < -0.3 is 9.64 Å². The number of nitrogens with zero attached hydrogens (tertiary/aromatic N) is 5. The monoisotopic (exact) mass is 445 g/mol. The molecule has 0 aliphatic carbocycles. The third-order valence-electron chi connectivity index (χ3n) is 5.78. The van der Waals surface area contributed by atoms with Gasteiger partial charge in [-0.1, -0.05) is 6.07 Å². The first-order valence-corrected chi connectivity index (χ1v) is 12.4. The molecule has 0 bridgehead atoms. The van der Waals surface area contributed by atoms with E-state index in [1.165, 1.54) is 10.6 Å². The highest BCUT2D eigenvalue weighted by Crippen LogP contribution is 2.32. The number of hydrogen-bond acceptors (Lipinski definition) is 8. The van der Waals surface area contributed by atoms with Crippen LogP contribution in [0.5, 0.6) is 0 Å². The number of ether oxygens (including phenoxy) is 1. The van der Waals surface area contributed by atoms with E-state index in [1.807, 2.05) is 25.1 Å². The first-order chi connectivity index (χ1) is 14.9. The summed E-state index contributed by atoms with van der Waals surface area (Å²) in [5.74, 6) is 1.01. The summed E-state index contributed by atoms with van der Waals surface area (Å²) in [5, 5.41) is 0. The van der Waals surface area contributed by atoms with Gasteiger partial charge in [0, 0.05) is 44.4 Å². The van der Waals surface area contributed by atoms with Crippen LogP contribution in [-0.4, -0.2) is 66.1 Å². The molecule has 2 aromatic rings. The lowest BCUT2D eigenvalue weighted by atomic mass is 9.96. The van der Waals surface area contributed by atoms with Crippen LogP contribution in [-0.2, 0) is 32.5 Å². The molecule has 166 valence electrons. The maximum absolute atomic E-state index is 12.2. The van der Waals surface area contributed by atoms with Crippen molar-refractivity contribution in [2.24, 2.45) is 5.92 Å². The Balaban J connectivity index is 1.68. The third-order valence-corrected chi connectivity index (χ3v) is 7.03. The van der Waals surface area contributed by atoms with E-state index in [1.54, 1.807) is 6.20 Å². The molecule has 1 saturated heterocycles. The van der Waals surface area contributed by atoms with Gasteiger partial charge in [0.15, 0.2) is 5.82 Å². The van der Waals surface area contributed by atoms with E-state index in [2.05, 4.69) is 9.88 Å². The number of anilines is 1. The van der Waals surface area contributed by atoms with Crippen LogP contribution in [0.1, 0.15) is 31.0 Å². The van der Waals surface area contributed by atoms with Crippen molar-refractivity contribution in [3.8, 4) is 11.5 Å². The van der Waals surface area contributed by atoms with Gasteiger partial charge in [0.25, 0.3) is 0 Å². The summed E-state index contributed by atoms with van der Waals surface area (Å²) in [7, 11) is -3.32. The molecule has 0 spiro atoms. The van der Waals surface area contributed by atoms with Gasteiger partial charge in [-0.25, -0.2) is 18.4 Å². The Labute approximate surface area is 182 Å². The second-order valence-electron chi connectivity index (χ2n) is 7.87. The number of sulfonamides is 1. The van der Waals surface area contributed by atoms with Crippen LogP contribution in [0.2, 0.25) is 0 Å². The maximum Gasteiger partial charge on any atom is 0.309 e. The fourth-order valence-electron chi connectivity index (χ4n) is 4.11. The van der Waals surface area contributed by atoms with Crippen molar-refractivity contribution < 1.29 is 17.9 Å². The molecule has 0 saturated carbocycles. The van der Waals surface area contributed by atoms with Crippen molar-refractivity contribution in [2.45, 2.75) is 32.7 Å². The standard InChI is InChI=1S/C21H27N5O4S/c1-3-30-21(27)15-7-11-25(12-8-15)20-16-14-26(31(2,28)29)13-9-17(16)23-19(24-20)18-6-4-5-10-22-18/h4-6,10,15H,3,7-9,11-14H2,1-2H3. The Hall–Kier alpha value is -2.59. The van der Waals surface area contributed by atoms with Crippen LogP contribution in [0.15, 0.2) is 24.4 Å². The Morgan fingerprint density at radius 3 is 2.61 bits per heavy atom. The number of fused-ring (bicyclic) bond motifs is 1. The molecule has 0 amide bonds. The Morgan fingerprint density at radius 2 is 1.97 bits per heavy atom. The molecule has 31 heavy (non-hydrogen) atoms. The van der Waals surface area contributed by atoms with Crippen LogP contribution >= 0.6 is 0 Å². The molecule has 2 aliphatic heterocycles. The normalized spacial score (nSPS) is 17.9. The predicted molar refractivity (Wildman–Crippen MR) is 116 cm³/mol. The molecular formula is C21H27N5O4S. The Bertz CT molecular complexity index is 1050. The minimum Gasteiger partial charge on any atom is -0.466 e. The molecule has 4 heterocycles. The summed E-state index contributed by atoms with van der Waals surface area (Å²) < 4.78 is 31.0. The van der Waals surface area contributed by atoms with Crippen LogP contribution in [0.4, 0.5) is 5.82 Å². The number of rotatable bonds is 5. The largest absolute Gasteiger partial charge is 0.466 e. The van der Waals surface area contributed by atoms with Crippen LogP contribution in [0.25, 0.3) is 11.5 Å². The second-order valence-corrected chi connectivity index (χ2v) is 9.85. The maximum atomic E-state index is 12.2. The van der Waals surface area contributed by atoms with Crippen molar-refractivity contribution in [1.29, 1.82) is 0 Å². The first-order valence-electron chi connectivity index (χ1n) is 10.5. The lowest BCUT2D eigenvalue weighted by Gasteiger charge is -2.35. The molecule has 1 fully saturated rings. The Kier molecular flexibility index (Phi) is 6.19. The van der Waals surface area contributed by atoms with Crippen molar-refractivity contribution in [3.63, 3.8) is 0 Å². The summed E-state index contributed by atoms with van der Waals surface area (Å²) in [6, 6.07) is 5.60. The molecule has 9 nitrogen and oxygen atoms in total. The van der Waals surface area contributed by atoms with Gasteiger partial charge in [0.2, 0.25) is 10.0 Å². The highest BCUT2D eigenvalue weighted by molar-refractivity contribution is 7.88. The summed E-state index contributed by atoms with van der Waals surface area (Å²) in [6.45, 7) is 4.14. The number of pyridine rings is 1. The van der Waals surface area contributed by atoms with E-state index < -0.39 is 10.0 Å². The molecule has 0 atom stereocenters. The number of carbonyl (C=O) groups excluding carboxylic acids is 1. The summed E-state index contributed by atoms with van der Waals surface area (Å²) >= 11 is 0. The molecule has 0 radical (unpaired) electrons. The number of aromatic nitrogens is 3. The summed E-state index contributed by atoms with van der Waals surface area (Å²) in [5.41, 5.74) is 2.38. The molecule has 4 rings (SSSR count). The van der Waals surface area contributed by atoms with Gasteiger partial charge in [0.05, 0.1) is 24.5 Å². The second kappa shape index (κ2) is 8.88. The minimum absolute atomic E-state index is 0.114. The van der Waals surface area contributed by atoms with Gasteiger partial charge in [-0.3, -0.25) is 9.78 Å². The number of carbonyl (C=O) groups is 1. The number of esters is 1. The fourth-order valence-corrected chi connectivity index (χ4v) is 4.90. The molecular weight excluding hydrogens is 418 g/mol. The molecule has 0 unspecified atom stereocenters. The molecule has 0 N–H and O–H groups in total. The van der Waals surface area contributed by atoms with Gasteiger partial charge in [0.1, 0.15) is 11.5 Å². The number of hydrogen-bond donors (Lipinski definition) is 0. The molecule has 2 aliphatic rings. The van der Waals surface area contributed by atoms with Gasteiger partial charge >= 0.3 is 5.97 Å². The first kappa shape index (κ1) is 21.6. The average molecular weight is 446 g/mol. The van der Waals surface area contributed by atoms with Crippen molar-refractivity contribution in [2.75, 3.05) is 37.4 Å². The van der Waals surface area contributed by atoms with Gasteiger partial charge in [-0.15, -0.1) is 0 Å². The van der Waals surface area contributed by atoms with Crippen LogP contribution < -0.4 is 4.90 Å². The predicted octanol–water partition coefficient (Wildman–Crippen LogP) is 1.64. The topological polar surface area (TPSA) is 106 Å². The van der Waals surface area contributed by atoms with Crippen molar-refractivity contribution in [3.05, 3.63) is 35.7 Å². The lowest BCUT2D eigenvalue weighted by molar-refractivity contribution is -0.148. The summed E-state index contributed by atoms with van der Waals surface area (Å²) in [4.78, 5) is 28.2. The van der Waals surface area contributed by atoms with E-state index >= 15 is 0 Å². The zero-order chi connectivity index (χ0) is 22.0. The molecule has 10 heteroatoms. The highest BCUT2D eigenvalue weighted by Gasteiger charge is 2.32. The minimum atomic E-state index is -3.32. The third kappa shape index (κ3) is 4.69. The average Bonchev–Trinajstić information content (AvgIpc) is 2.78. The van der Waals surface area contributed by atoms with Crippen LogP contribution in [0.3, 0.4) is 0 Å². The van der Waals surface area contributed by atoms with E-state index in [0.717, 1.165) is 17.1 Å². The fraction of sp³-hybridized carbons (Fsp3) is 0.524. The Morgan fingerprint density at radius 1 is 1.19 bits per heavy atom. The van der Waals surface area contributed by atoms with Crippen LogP contribution in [0, 0.1) is 5.92 Å². The van der Waals surface area contributed by atoms with E-state index in [4.69, 9.17) is 14.7 Å². The van der Waals surface area contributed by atoms with E-state index in [-0.39, 0.29) is 18.4 Å².